The van der Waals surface area contributed by atoms with E-state index in [1.807, 2.05) is 0 Å². The Labute approximate surface area is 133 Å². The summed E-state index contributed by atoms with van der Waals surface area (Å²) < 4.78 is 59.2. The molecule has 2 N–H and O–H groups in total. The van der Waals surface area contributed by atoms with Crippen molar-refractivity contribution in [2.24, 2.45) is 10.1 Å². The van der Waals surface area contributed by atoms with Crippen molar-refractivity contribution in [3.63, 3.8) is 0 Å². The van der Waals surface area contributed by atoms with Crippen LogP contribution in [0.1, 0.15) is 11.3 Å². The number of nitrogens with two attached hydrogens (primary N) is 1. The lowest BCUT2D eigenvalue weighted by molar-refractivity contribution is 0.395. The van der Waals surface area contributed by atoms with Gasteiger partial charge in [-0.05, 0) is 36.2 Å². The number of furan rings is 1. The lowest BCUT2D eigenvalue weighted by Crippen LogP contribution is -2.11. The summed E-state index contributed by atoms with van der Waals surface area (Å²) in [6.07, 6.45) is 1.85. The van der Waals surface area contributed by atoms with Crippen LogP contribution in [0.5, 0.6) is 0 Å². The predicted octanol–water partition coefficient (Wildman–Crippen LogP) is 0.493. The minimum atomic E-state index is -4.61. The third kappa shape index (κ3) is 4.99. The Hall–Kier alpha value is -2.01. The van der Waals surface area contributed by atoms with Gasteiger partial charge in [0.2, 0.25) is 15.1 Å². The van der Waals surface area contributed by atoms with Crippen molar-refractivity contribution in [1.29, 1.82) is 0 Å². The minimum absolute atomic E-state index is 0.0340. The first kappa shape index (κ1) is 17.3. The highest BCUT2D eigenvalue weighted by atomic mass is 32.2. The molecule has 1 aromatic carbocycles. The Morgan fingerprint density at radius 3 is 2.26 bits per heavy atom. The molecule has 0 bridgehead atoms. The topological polar surface area (TPSA) is 143 Å². The van der Waals surface area contributed by atoms with Gasteiger partial charge in [0, 0.05) is 6.54 Å². The first-order valence-corrected chi connectivity index (χ1v) is 9.29. The van der Waals surface area contributed by atoms with E-state index in [2.05, 4.69) is 4.99 Å². The molecule has 0 saturated carbocycles. The molecule has 23 heavy (non-hydrogen) atoms. The molecule has 0 aliphatic rings. The Kier molecular flexibility index (Phi) is 5.00. The fourth-order valence-electron chi connectivity index (χ4n) is 1.73. The van der Waals surface area contributed by atoms with Crippen LogP contribution in [0.4, 0.5) is 0 Å². The fourth-order valence-corrected chi connectivity index (χ4v) is 2.68. The van der Waals surface area contributed by atoms with Crippen LogP contribution < -0.4 is 5.14 Å². The zero-order valence-electron chi connectivity index (χ0n) is 11.7. The van der Waals surface area contributed by atoms with Crippen LogP contribution >= 0.6 is 0 Å². The molecular formula is C13H13N2O6S2-. The van der Waals surface area contributed by atoms with Crippen molar-refractivity contribution in [2.45, 2.75) is 16.4 Å². The van der Waals surface area contributed by atoms with Gasteiger partial charge < -0.3 is 8.97 Å². The van der Waals surface area contributed by atoms with E-state index in [0.29, 0.717) is 13.0 Å². The molecule has 1 heterocycles. The smallest absolute Gasteiger partial charge is 0.238 e. The van der Waals surface area contributed by atoms with E-state index in [0.717, 1.165) is 11.6 Å². The van der Waals surface area contributed by atoms with Crippen molar-refractivity contribution in [1.82, 2.24) is 0 Å². The number of primary sulfonamides is 1. The van der Waals surface area contributed by atoms with Crippen molar-refractivity contribution in [2.75, 3.05) is 6.54 Å². The van der Waals surface area contributed by atoms with Crippen LogP contribution in [-0.2, 0) is 26.6 Å². The van der Waals surface area contributed by atoms with Crippen molar-refractivity contribution >= 4 is 26.4 Å². The monoisotopic (exact) mass is 357 g/mol. The van der Waals surface area contributed by atoms with Crippen molar-refractivity contribution < 1.29 is 25.8 Å². The average Bonchev–Trinajstić information content (AvgIpc) is 2.92. The van der Waals surface area contributed by atoms with E-state index in [4.69, 9.17) is 9.56 Å². The zero-order chi connectivity index (χ0) is 17.1. The molecule has 0 aliphatic heterocycles. The number of sulfonamides is 1. The molecule has 124 valence electrons. The summed E-state index contributed by atoms with van der Waals surface area (Å²) in [6.45, 7) is 0.370. The van der Waals surface area contributed by atoms with Crippen LogP contribution in [0.25, 0.3) is 0 Å². The largest absolute Gasteiger partial charge is 0.742 e. The van der Waals surface area contributed by atoms with E-state index >= 15 is 0 Å². The highest BCUT2D eigenvalue weighted by Crippen LogP contribution is 2.12. The van der Waals surface area contributed by atoms with Crippen LogP contribution in [-0.4, -0.2) is 34.1 Å². The van der Waals surface area contributed by atoms with Gasteiger partial charge in [-0.1, -0.05) is 12.1 Å². The first-order valence-electron chi connectivity index (χ1n) is 6.33. The lowest BCUT2D eigenvalue weighted by Gasteiger charge is -2.01. The minimum Gasteiger partial charge on any atom is -0.742 e. The normalized spacial score (nSPS) is 12.8. The van der Waals surface area contributed by atoms with Crippen LogP contribution in [0.3, 0.4) is 0 Å². The third-order valence-corrected chi connectivity index (χ3v) is 4.49. The van der Waals surface area contributed by atoms with E-state index in [1.165, 1.54) is 24.4 Å². The molecule has 0 radical (unpaired) electrons. The van der Waals surface area contributed by atoms with Gasteiger partial charge in [-0.15, -0.1) is 0 Å². The van der Waals surface area contributed by atoms with E-state index in [-0.39, 0.29) is 10.7 Å². The zero-order valence-corrected chi connectivity index (χ0v) is 13.4. The molecule has 0 fully saturated rings. The fraction of sp³-hybridized carbons (Fsp3) is 0.154. The van der Waals surface area contributed by atoms with Crippen molar-refractivity contribution in [3.05, 3.63) is 47.7 Å². The second-order valence-corrected chi connectivity index (χ2v) is 7.46. The molecule has 0 aliphatic carbocycles. The summed E-state index contributed by atoms with van der Waals surface area (Å²) in [4.78, 5) is 4.08. The van der Waals surface area contributed by atoms with Gasteiger partial charge in [-0.3, -0.25) is 4.99 Å². The molecule has 0 saturated heterocycles. The second kappa shape index (κ2) is 6.62. The Morgan fingerprint density at radius 2 is 1.74 bits per heavy atom. The van der Waals surface area contributed by atoms with Gasteiger partial charge in [0.15, 0.2) is 10.1 Å². The summed E-state index contributed by atoms with van der Waals surface area (Å²) in [6, 6.07) is 8.47. The maximum absolute atomic E-state index is 11.1. The number of hydrogen-bond donors (Lipinski definition) is 1. The second-order valence-electron chi connectivity index (χ2n) is 4.59. The first-order chi connectivity index (χ1) is 10.7. The molecule has 0 amide bonds. The van der Waals surface area contributed by atoms with Crippen molar-refractivity contribution in [3.8, 4) is 0 Å². The molecule has 0 spiro atoms. The summed E-state index contributed by atoms with van der Waals surface area (Å²) >= 11 is 0. The highest BCUT2D eigenvalue weighted by Gasteiger charge is 2.07. The number of nitrogens with zero attached hydrogens (tertiary/aromatic N) is 1. The molecule has 2 rings (SSSR count). The Bertz CT molecular complexity index is 912. The van der Waals surface area contributed by atoms with Gasteiger partial charge in [-0.25, -0.2) is 22.0 Å². The van der Waals surface area contributed by atoms with Gasteiger partial charge in [0.05, 0.1) is 11.1 Å². The Morgan fingerprint density at radius 1 is 1.09 bits per heavy atom. The summed E-state index contributed by atoms with van der Waals surface area (Å²) in [5, 5.41) is 4.34. The van der Waals surface area contributed by atoms with Gasteiger partial charge in [0.1, 0.15) is 5.76 Å². The van der Waals surface area contributed by atoms with Gasteiger partial charge in [-0.2, -0.15) is 0 Å². The molecule has 1 aromatic heterocycles. The summed E-state index contributed by atoms with van der Waals surface area (Å²) in [5.74, 6) is 0.156. The van der Waals surface area contributed by atoms with E-state index < -0.39 is 25.2 Å². The number of hydrogen-bond acceptors (Lipinski definition) is 7. The quantitative estimate of drug-likeness (QED) is 0.589. The molecule has 2 aromatic rings. The summed E-state index contributed by atoms with van der Waals surface area (Å²) in [5.41, 5.74) is 0.858. The molecule has 0 unspecified atom stereocenters. The lowest BCUT2D eigenvalue weighted by atomic mass is 10.1. The standard InChI is InChI=1S/C13H14N2O6S2/c14-22(16,17)12-4-1-10(2-5-12)7-8-15-9-11-3-6-13(21-11)23(18,19)20/h1-6,9H,7-8H2,(H2,14,16,17)(H,18,19,20)/p-1. The number of benzene rings is 1. The van der Waals surface area contributed by atoms with Crippen LogP contribution in [0.2, 0.25) is 0 Å². The predicted molar refractivity (Wildman–Crippen MR) is 80.7 cm³/mol. The SMILES string of the molecule is NS(=O)(=O)c1ccc(CCN=Cc2ccc(S(=O)(=O)[O-])o2)cc1. The van der Waals surface area contributed by atoms with Crippen LogP contribution in [0, 0.1) is 0 Å². The van der Waals surface area contributed by atoms with Gasteiger partial charge >= 0.3 is 0 Å². The summed E-state index contributed by atoms with van der Waals surface area (Å²) in [7, 11) is -8.32. The Balaban J connectivity index is 1.93. The number of aliphatic imine (C=N–C) groups is 1. The van der Waals surface area contributed by atoms with Crippen LogP contribution in [0.15, 0.2) is 55.8 Å². The van der Waals surface area contributed by atoms with Gasteiger partial charge in [0.25, 0.3) is 0 Å². The molecule has 8 nitrogen and oxygen atoms in total. The number of rotatable bonds is 6. The van der Waals surface area contributed by atoms with E-state index in [9.17, 15) is 21.4 Å². The average molecular weight is 357 g/mol. The maximum atomic E-state index is 11.1. The highest BCUT2D eigenvalue weighted by molar-refractivity contribution is 7.89. The maximum Gasteiger partial charge on any atom is 0.238 e. The molecule has 10 heteroatoms. The third-order valence-electron chi connectivity index (χ3n) is 2.85. The van der Waals surface area contributed by atoms with E-state index in [1.54, 1.807) is 12.1 Å². The molecular weight excluding hydrogens is 344 g/mol. The molecule has 0 atom stereocenters.